The highest BCUT2D eigenvalue weighted by Gasteiger charge is 2.23. The molecule has 1 aliphatic rings. The normalized spacial score (nSPS) is 20.1. The molecule has 0 aliphatic carbocycles. The number of pyridine rings is 1. The maximum atomic E-state index is 4.47. The van der Waals surface area contributed by atoms with E-state index in [-0.39, 0.29) is 0 Å². The van der Waals surface area contributed by atoms with Crippen LogP contribution in [0.15, 0.2) is 30.7 Å². The van der Waals surface area contributed by atoms with E-state index in [0.717, 1.165) is 24.6 Å². The minimum absolute atomic E-state index is 0.514. The summed E-state index contributed by atoms with van der Waals surface area (Å²) in [4.78, 5) is 14.3. The van der Waals surface area contributed by atoms with Crippen molar-refractivity contribution in [2.45, 2.75) is 25.7 Å². The summed E-state index contributed by atoms with van der Waals surface area (Å²) in [5.74, 6) is 1.65. The van der Waals surface area contributed by atoms with Crippen LogP contribution in [0, 0.1) is 6.92 Å². The third-order valence-electron chi connectivity index (χ3n) is 3.56. The maximum absolute atomic E-state index is 4.47. The van der Waals surface area contributed by atoms with E-state index in [4.69, 9.17) is 0 Å². The fraction of sp³-hybridized carbons (Fsp3) is 0.429. The van der Waals surface area contributed by atoms with E-state index in [1.54, 1.807) is 0 Å². The molecule has 0 spiro atoms. The molecule has 18 heavy (non-hydrogen) atoms. The summed E-state index contributed by atoms with van der Waals surface area (Å²) in [6, 6.07) is 4.16. The van der Waals surface area contributed by atoms with Crippen molar-refractivity contribution in [3.05, 3.63) is 42.2 Å². The molecule has 0 bridgehead atoms. The first kappa shape index (κ1) is 11.3. The molecular weight excluding hydrogens is 224 g/mol. The standard InChI is InChI=1S/C14H18N4/c1-11-9-16-14(17-11)12-3-2-8-18(10-12)13-4-6-15-7-5-13/h4-7,9,12H,2-3,8,10H2,1H3,(H,16,17)/t12-/m0/s1. The zero-order valence-electron chi connectivity index (χ0n) is 10.6. The summed E-state index contributed by atoms with van der Waals surface area (Å²) in [6.07, 6.45) is 8.06. The van der Waals surface area contributed by atoms with Crippen molar-refractivity contribution in [1.82, 2.24) is 15.0 Å². The molecule has 1 aliphatic heterocycles. The van der Waals surface area contributed by atoms with Crippen LogP contribution in [-0.2, 0) is 0 Å². The van der Waals surface area contributed by atoms with Gasteiger partial charge >= 0.3 is 0 Å². The van der Waals surface area contributed by atoms with E-state index in [1.807, 2.05) is 18.6 Å². The molecule has 3 heterocycles. The lowest BCUT2D eigenvalue weighted by Gasteiger charge is -2.33. The smallest absolute Gasteiger partial charge is 0.111 e. The average Bonchev–Trinajstić information content (AvgIpc) is 2.87. The Hall–Kier alpha value is -1.84. The third-order valence-corrected chi connectivity index (χ3v) is 3.56. The van der Waals surface area contributed by atoms with Gasteiger partial charge in [0.05, 0.1) is 0 Å². The molecule has 1 saturated heterocycles. The number of aryl methyl sites for hydroxylation is 1. The van der Waals surface area contributed by atoms with Crippen LogP contribution in [0.4, 0.5) is 5.69 Å². The minimum atomic E-state index is 0.514. The summed E-state index contributed by atoms with van der Waals surface area (Å²) < 4.78 is 0. The van der Waals surface area contributed by atoms with Crippen molar-refractivity contribution < 1.29 is 0 Å². The van der Waals surface area contributed by atoms with Gasteiger partial charge in [-0.2, -0.15) is 0 Å². The lowest BCUT2D eigenvalue weighted by molar-refractivity contribution is 0.494. The van der Waals surface area contributed by atoms with Gasteiger partial charge in [-0.15, -0.1) is 0 Å². The molecule has 3 rings (SSSR count). The van der Waals surface area contributed by atoms with Gasteiger partial charge in [-0.3, -0.25) is 4.98 Å². The molecule has 0 unspecified atom stereocenters. The fourth-order valence-corrected chi connectivity index (χ4v) is 2.63. The Morgan fingerprint density at radius 3 is 2.89 bits per heavy atom. The Balaban J connectivity index is 1.76. The van der Waals surface area contributed by atoms with Gasteiger partial charge in [0.15, 0.2) is 0 Å². The number of nitrogens with zero attached hydrogens (tertiary/aromatic N) is 3. The molecule has 4 heteroatoms. The number of hydrogen-bond donors (Lipinski definition) is 1. The summed E-state index contributed by atoms with van der Waals surface area (Å²) in [5.41, 5.74) is 2.41. The van der Waals surface area contributed by atoms with Crippen LogP contribution in [0.25, 0.3) is 0 Å². The Kier molecular flexibility index (Phi) is 3.00. The highest BCUT2D eigenvalue weighted by atomic mass is 15.1. The summed E-state index contributed by atoms with van der Waals surface area (Å²) in [6.45, 7) is 4.22. The summed E-state index contributed by atoms with van der Waals surface area (Å²) in [7, 11) is 0. The topological polar surface area (TPSA) is 44.8 Å². The SMILES string of the molecule is Cc1cnc([C@H]2CCCN(c3ccncc3)C2)[nH]1. The highest BCUT2D eigenvalue weighted by molar-refractivity contribution is 5.45. The number of hydrogen-bond acceptors (Lipinski definition) is 3. The second kappa shape index (κ2) is 4.80. The Morgan fingerprint density at radius 1 is 1.33 bits per heavy atom. The molecule has 2 aromatic rings. The average molecular weight is 242 g/mol. The Labute approximate surface area is 107 Å². The van der Waals surface area contributed by atoms with Crippen molar-refractivity contribution in [3.8, 4) is 0 Å². The monoisotopic (exact) mass is 242 g/mol. The van der Waals surface area contributed by atoms with Gasteiger partial charge < -0.3 is 9.88 Å². The van der Waals surface area contributed by atoms with Gasteiger partial charge in [-0.1, -0.05) is 0 Å². The number of piperidine rings is 1. The zero-order chi connectivity index (χ0) is 12.4. The van der Waals surface area contributed by atoms with Crippen molar-refractivity contribution >= 4 is 5.69 Å². The quantitative estimate of drug-likeness (QED) is 0.880. The van der Waals surface area contributed by atoms with E-state index in [1.165, 1.54) is 18.5 Å². The predicted octanol–water partition coefficient (Wildman–Crippen LogP) is 2.50. The van der Waals surface area contributed by atoms with E-state index in [9.17, 15) is 0 Å². The first-order valence-corrected chi connectivity index (χ1v) is 6.49. The Bertz CT molecular complexity index is 506. The van der Waals surface area contributed by atoms with Crippen molar-refractivity contribution in [3.63, 3.8) is 0 Å². The summed E-state index contributed by atoms with van der Waals surface area (Å²) in [5, 5.41) is 0. The lowest BCUT2D eigenvalue weighted by atomic mass is 9.97. The molecule has 0 amide bonds. The molecule has 0 aromatic carbocycles. The van der Waals surface area contributed by atoms with Crippen molar-refractivity contribution in [2.24, 2.45) is 0 Å². The van der Waals surface area contributed by atoms with Crippen molar-refractivity contribution in [1.29, 1.82) is 0 Å². The van der Waals surface area contributed by atoms with Crippen LogP contribution in [-0.4, -0.2) is 28.0 Å². The van der Waals surface area contributed by atoms with Crippen molar-refractivity contribution in [2.75, 3.05) is 18.0 Å². The van der Waals surface area contributed by atoms with E-state index < -0.39 is 0 Å². The number of aromatic amines is 1. The molecule has 1 fully saturated rings. The number of H-pyrrole nitrogens is 1. The molecule has 0 saturated carbocycles. The Morgan fingerprint density at radius 2 is 2.17 bits per heavy atom. The van der Waals surface area contributed by atoms with Crippen LogP contribution in [0.3, 0.4) is 0 Å². The molecule has 1 N–H and O–H groups in total. The second-order valence-corrected chi connectivity index (χ2v) is 4.94. The molecule has 2 aromatic heterocycles. The molecular formula is C14H18N4. The van der Waals surface area contributed by atoms with Crippen LogP contribution in [0.2, 0.25) is 0 Å². The van der Waals surface area contributed by atoms with E-state index in [2.05, 4.69) is 38.9 Å². The fourth-order valence-electron chi connectivity index (χ4n) is 2.63. The summed E-state index contributed by atoms with van der Waals surface area (Å²) >= 11 is 0. The van der Waals surface area contributed by atoms with E-state index in [0.29, 0.717) is 5.92 Å². The minimum Gasteiger partial charge on any atom is -0.371 e. The van der Waals surface area contributed by atoms with Gasteiger partial charge in [0, 0.05) is 49.0 Å². The van der Waals surface area contributed by atoms with Crippen LogP contribution < -0.4 is 4.90 Å². The van der Waals surface area contributed by atoms with Crippen LogP contribution >= 0.6 is 0 Å². The first-order valence-electron chi connectivity index (χ1n) is 6.49. The second-order valence-electron chi connectivity index (χ2n) is 4.94. The van der Waals surface area contributed by atoms with Gasteiger partial charge in [0.1, 0.15) is 5.82 Å². The highest BCUT2D eigenvalue weighted by Crippen LogP contribution is 2.28. The molecule has 1 atom stereocenters. The lowest BCUT2D eigenvalue weighted by Crippen LogP contribution is -2.34. The van der Waals surface area contributed by atoms with Gasteiger partial charge in [-0.25, -0.2) is 4.98 Å². The number of nitrogens with one attached hydrogen (secondary N) is 1. The zero-order valence-corrected chi connectivity index (χ0v) is 10.6. The number of anilines is 1. The van der Waals surface area contributed by atoms with Crippen LogP contribution in [0.5, 0.6) is 0 Å². The third kappa shape index (κ3) is 2.23. The first-order chi connectivity index (χ1) is 8.83. The van der Waals surface area contributed by atoms with Gasteiger partial charge in [0.25, 0.3) is 0 Å². The van der Waals surface area contributed by atoms with Crippen LogP contribution in [0.1, 0.15) is 30.3 Å². The number of aromatic nitrogens is 3. The predicted molar refractivity (Wildman–Crippen MR) is 71.7 cm³/mol. The molecule has 94 valence electrons. The largest absolute Gasteiger partial charge is 0.371 e. The van der Waals surface area contributed by atoms with Gasteiger partial charge in [-0.05, 0) is 31.9 Å². The van der Waals surface area contributed by atoms with E-state index >= 15 is 0 Å². The number of imidazole rings is 1. The van der Waals surface area contributed by atoms with Gasteiger partial charge in [0.2, 0.25) is 0 Å². The number of rotatable bonds is 2. The molecule has 4 nitrogen and oxygen atoms in total. The maximum Gasteiger partial charge on any atom is 0.111 e. The molecule has 0 radical (unpaired) electrons.